The zero-order valence-corrected chi connectivity index (χ0v) is 9.46. The Morgan fingerprint density at radius 1 is 1.40 bits per heavy atom. The van der Waals surface area contributed by atoms with Gasteiger partial charge in [-0.1, -0.05) is 0 Å². The molecule has 0 aliphatic carbocycles. The lowest BCUT2D eigenvalue weighted by Gasteiger charge is -2.28. The van der Waals surface area contributed by atoms with E-state index in [2.05, 4.69) is 15.5 Å². The third-order valence-corrected chi connectivity index (χ3v) is 3.47. The summed E-state index contributed by atoms with van der Waals surface area (Å²) in [6, 6.07) is 0.633. The Labute approximate surface area is 91.4 Å². The van der Waals surface area contributed by atoms with Gasteiger partial charge in [0, 0.05) is 25.7 Å². The number of carbonyl (C=O) groups excluding carboxylic acids is 1. The molecule has 0 bridgehead atoms. The number of nitrogens with one attached hydrogen (secondary N) is 2. The topological polar surface area (TPSA) is 44.4 Å². The molecule has 4 heteroatoms. The van der Waals surface area contributed by atoms with Crippen molar-refractivity contribution in [2.24, 2.45) is 0 Å². The highest BCUT2D eigenvalue weighted by atomic mass is 16.2. The fourth-order valence-electron chi connectivity index (χ4n) is 2.45. The van der Waals surface area contributed by atoms with Gasteiger partial charge in [-0.05, 0) is 32.7 Å². The van der Waals surface area contributed by atoms with Gasteiger partial charge in [0.1, 0.15) is 0 Å². The van der Waals surface area contributed by atoms with Gasteiger partial charge in [0.15, 0.2) is 0 Å². The van der Waals surface area contributed by atoms with Gasteiger partial charge in [-0.3, -0.25) is 9.69 Å². The lowest BCUT2D eigenvalue weighted by molar-refractivity contribution is -0.125. The number of nitrogens with zero attached hydrogens (tertiary/aromatic N) is 1. The molecule has 2 rings (SSSR count). The summed E-state index contributed by atoms with van der Waals surface area (Å²) in [5.41, 5.74) is 0. The minimum Gasteiger partial charge on any atom is -0.355 e. The molecule has 4 nitrogen and oxygen atoms in total. The van der Waals surface area contributed by atoms with E-state index >= 15 is 0 Å². The fraction of sp³-hybridized carbons (Fsp3) is 0.909. The Morgan fingerprint density at radius 3 is 3.00 bits per heavy atom. The van der Waals surface area contributed by atoms with Crippen LogP contribution in [-0.2, 0) is 4.79 Å². The smallest absolute Gasteiger partial charge is 0.237 e. The van der Waals surface area contributed by atoms with Crippen molar-refractivity contribution in [3.63, 3.8) is 0 Å². The van der Waals surface area contributed by atoms with E-state index in [1.165, 1.54) is 12.8 Å². The maximum absolute atomic E-state index is 11.6. The van der Waals surface area contributed by atoms with E-state index in [-0.39, 0.29) is 11.9 Å². The molecule has 0 spiro atoms. The Bertz CT molecular complexity index is 226. The zero-order valence-electron chi connectivity index (χ0n) is 9.46. The lowest BCUT2D eigenvalue weighted by atomic mass is 10.2. The van der Waals surface area contributed by atoms with Crippen LogP contribution in [0, 0.1) is 0 Å². The average Bonchev–Trinajstić information content (AvgIpc) is 2.68. The van der Waals surface area contributed by atoms with Crippen molar-refractivity contribution in [3.8, 4) is 0 Å². The maximum atomic E-state index is 11.6. The predicted octanol–water partition coefficient (Wildman–Crippen LogP) is -0.0512. The van der Waals surface area contributed by atoms with E-state index in [9.17, 15) is 4.79 Å². The van der Waals surface area contributed by atoms with Crippen LogP contribution in [-0.4, -0.2) is 49.1 Å². The van der Waals surface area contributed by atoms with E-state index in [0.29, 0.717) is 6.04 Å². The summed E-state index contributed by atoms with van der Waals surface area (Å²) >= 11 is 0. The van der Waals surface area contributed by atoms with Crippen LogP contribution in [0.25, 0.3) is 0 Å². The molecule has 2 fully saturated rings. The quantitative estimate of drug-likeness (QED) is 0.673. The summed E-state index contributed by atoms with van der Waals surface area (Å²) in [4.78, 5) is 13.9. The van der Waals surface area contributed by atoms with Gasteiger partial charge in [-0.25, -0.2) is 0 Å². The predicted molar refractivity (Wildman–Crippen MR) is 59.7 cm³/mol. The van der Waals surface area contributed by atoms with Crippen LogP contribution in [0.4, 0.5) is 0 Å². The number of hydrogen-bond acceptors (Lipinski definition) is 3. The second kappa shape index (κ2) is 4.94. The standard InChI is InChI=1S/C11H21N3O/c1-9-11(15)13-6-3-7-14(9)8-10-4-2-5-12-10/h9-10,12H,2-8H2,1H3,(H,13,15). The summed E-state index contributed by atoms with van der Waals surface area (Å²) in [6.45, 7) is 6.04. The molecule has 0 aromatic rings. The minimum atomic E-state index is 0.0369. The third-order valence-electron chi connectivity index (χ3n) is 3.47. The SMILES string of the molecule is CC1C(=O)NCCCN1CC1CCCN1. The van der Waals surface area contributed by atoms with E-state index in [1.807, 2.05) is 6.92 Å². The largest absolute Gasteiger partial charge is 0.355 e. The molecular formula is C11H21N3O. The first-order valence-electron chi connectivity index (χ1n) is 6.02. The van der Waals surface area contributed by atoms with Gasteiger partial charge in [0.05, 0.1) is 6.04 Å². The summed E-state index contributed by atoms with van der Waals surface area (Å²) in [6.07, 6.45) is 3.60. The van der Waals surface area contributed by atoms with Gasteiger partial charge < -0.3 is 10.6 Å². The highest BCUT2D eigenvalue weighted by Gasteiger charge is 2.26. The van der Waals surface area contributed by atoms with Crippen molar-refractivity contribution < 1.29 is 4.79 Å². The second-order valence-electron chi connectivity index (χ2n) is 4.61. The maximum Gasteiger partial charge on any atom is 0.237 e. The van der Waals surface area contributed by atoms with Crippen LogP contribution < -0.4 is 10.6 Å². The Hall–Kier alpha value is -0.610. The molecular weight excluding hydrogens is 190 g/mol. The second-order valence-corrected chi connectivity index (χ2v) is 4.61. The highest BCUT2D eigenvalue weighted by Crippen LogP contribution is 2.11. The summed E-state index contributed by atoms with van der Waals surface area (Å²) < 4.78 is 0. The molecule has 2 N–H and O–H groups in total. The van der Waals surface area contributed by atoms with Crippen molar-refractivity contribution in [1.82, 2.24) is 15.5 Å². The van der Waals surface area contributed by atoms with Crippen LogP contribution in [0.5, 0.6) is 0 Å². The molecule has 15 heavy (non-hydrogen) atoms. The van der Waals surface area contributed by atoms with Gasteiger partial charge in [-0.2, -0.15) is 0 Å². The van der Waals surface area contributed by atoms with Crippen molar-refractivity contribution in [1.29, 1.82) is 0 Å². The van der Waals surface area contributed by atoms with E-state index in [0.717, 1.165) is 32.6 Å². The molecule has 2 saturated heterocycles. The van der Waals surface area contributed by atoms with Crippen LogP contribution in [0.15, 0.2) is 0 Å². The third kappa shape index (κ3) is 2.69. The minimum absolute atomic E-state index is 0.0369. The molecule has 86 valence electrons. The molecule has 2 heterocycles. The first-order chi connectivity index (χ1) is 7.27. The Balaban J connectivity index is 1.90. The number of hydrogen-bond donors (Lipinski definition) is 2. The van der Waals surface area contributed by atoms with Crippen LogP contribution in [0.3, 0.4) is 0 Å². The molecule has 2 atom stereocenters. The van der Waals surface area contributed by atoms with E-state index in [1.54, 1.807) is 0 Å². The fourth-order valence-corrected chi connectivity index (χ4v) is 2.45. The lowest BCUT2D eigenvalue weighted by Crippen LogP contribution is -2.46. The number of rotatable bonds is 2. The molecule has 2 aliphatic heterocycles. The number of carbonyl (C=O) groups is 1. The molecule has 2 unspecified atom stereocenters. The Kier molecular flexibility index (Phi) is 3.59. The number of amides is 1. The molecule has 0 radical (unpaired) electrons. The molecule has 2 aliphatic rings. The van der Waals surface area contributed by atoms with Crippen LogP contribution in [0.2, 0.25) is 0 Å². The molecule has 0 saturated carbocycles. The average molecular weight is 211 g/mol. The van der Waals surface area contributed by atoms with Crippen molar-refractivity contribution >= 4 is 5.91 Å². The van der Waals surface area contributed by atoms with E-state index < -0.39 is 0 Å². The summed E-state index contributed by atoms with van der Waals surface area (Å²) in [5.74, 6) is 0.186. The van der Waals surface area contributed by atoms with Gasteiger partial charge in [-0.15, -0.1) is 0 Å². The Morgan fingerprint density at radius 2 is 2.27 bits per heavy atom. The molecule has 0 aromatic heterocycles. The van der Waals surface area contributed by atoms with Gasteiger partial charge in [0.2, 0.25) is 5.91 Å². The van der Waals surface area contributed by atoms with Crippen molar-refractivity contribution in [2.45, 2.75) is 38.3 Å². The molecule has 0 aromatic carbocycles. The summed E-state index contributed by atoms with van der Waals surface area (Å²) in [7, 11) is 0. The van der Waals surface area contributed by atoms with Crippen molar-refractivity contribution in [2.75, 3.05) is 26.2 Å². The van der Waals surface area contributed by atoms with Gasteiger partial charge in [0.25, 0.3) is 0 Å². The molecule has 1 amide bonds. The van der Waals surface area contributed by atoms with Crippen LogP contribution in [0.1, 0.15) is 26.2 Å². The van der Waals surface area contributed by atoms with Crippen molar-refractivity contribution in [3.05, 3.63) is 0 Å². The first kappa shape index (κ1) is 10.9. The summed E-state index contributed by atoms with van der Waals surface area (Å²) in [5, 5.41) is 6.43. The highest BCUT2D eigenvalue weighted by molar-refractivity contribution is 5.81. The normalized spacial score (nSPS) is 33.8. The van der Waals surface area contributed by atoms with Crippen LogP contribution >= 0.6 is 0 Å². The van der Waals surface area contributed by atoms with Gasteiger partial charge >= 0.3 is 0 Å². The van der Waals surface area contributed by atoms with E-state index in [4.69, 9.17) is 0 Å². The zero-order chi connectivity index (χ0) is 10.7. The first-order valence-corrected chi connectivity index (χ1v) is 6.02. The monoisotopic (exact) mass is 211 g/mol.